The number of amides is 3. The molecule has 0 unspecified atom stereocenters. The van der Waals surface area contributed by atoms with Crippen molar-refractivity contribution in [3.8, 4) is 0 Å². The highest BCUT2D eigenvalue weighted by molar-refractivity contribution is 5.95. The summed E-state index contributed by atoms with van der Waals surface area (Å²) in [4.78, 5) is 25.6. The third-order valence-electron chi connectivity index (χ3n) is 3.98. The molecule has 2 aliphatic rings. The monoisotopic (exact) mass is 287 g/mol. The van der Waals surface area contributed by atoms with Crippen LogP contribution in [-0.4, -0.2) is 24.5 Å². The van der Waals surface area contributed by atoms with Crippen molar-refractivity contribution >= 4 is 23.3 Å². The number of piperidine rings is 1. The van der Waals surface area contributed by atoms with E-state index < -0.39 is 0 Å². The van der Waals surface area contributed by atoms with E-state index in [1.807, 2.05) is 30.0 Å². The summed E-state index contributed by atoms with van der Waals surface area (Å²) in [6.45, 7) is 2.76. The molecular weight excluding hydrogens is 266 g/mol. The molecule has 1 heterocycles. The molecule has 1 aromatic rings. The number of rotatable bonds is 3. The smallest absolute Gasteiger partial charge is 0.319 e. The molecule has 5 nitrogen and oxygen atoms in total. The van der Waals surface area contributed by atoms with Gasteiger partial charge in [-0.15, -0.1) is 0 Å². The maximum atomic E-state index is 12.0. The van der Waals surface area contributed by atoms with E-state index >= 15 is 0 Å². The molecule has 0 radical (unpaired) electrons. The maximum Gasteiger partial charge on any atom is 0.319 e. The average Bonchev–Trinajstić information content (AvgIpc) is 3.24. The van der Waals surface area contributed by atoms with E-state index in [2.05, 4.69) is 10.6 Å². The van der Waals surface area contributed by atoms with E-state index in [1.165, 1.54) is 0 Å². The number of hydrogen-bond acceptors (Lipinski definition) is 2. The van der Waals surface area contributed by atoms with Gasteiger partial charge in [0.25, 0.3) is 0 Å². The van der Waals surface area contributed by atoms with Crippen molar-refractivity contribution in [3.05, 3.63) is 23.8 Å². The lowest BCUT2D eigenvalue weighted by Crippen LogP contribution is -2.35. The van der Waals surface area contributed by atoms with Crippen LogP contribution in [0.3, 0.4) is 0 Å². The molecule has 1 aromatic carbocycles. The molecular formula is C16H21N3O2. The van der Waals surface area contributed by atoms with Crippen LogP contribution in [0.1, 0.15) is 37.7 Å². The van der Waals surface area contributed by atoms with E-state index in [9.17, 15) is 9.59 Å². The normalized spacial score (nSPS) is 18.5. The number of benzene rings is 1. The summed E-state index contributed by atoms with van der Waals surface area (Å²) in [5.41, 5.74) is 2.72. The van der Waals surface area contributed by atoms with Gasteiger partial charge in [-0.2, -0.15) is 0 Å². The van der Waals surface area contributed by atoms with Crippen molar-refractivity contribution in [3.63, 3.8) is 0 Å². The number of nitrogens with zero attached hydrogens (tertiary/aromatic N) is 1. The molecule has 112 valence electrons. The van der Waals surface area contributed by atoms with Gasteiger partial charge in [-0.05, 0) is 56.4 Å². The van der Waals surface area contributed by atoms with E-state index in [0.29, 0.717) is 12.5 Å². The van der Waals surface area contributed by atoms with Gasteiger partial charge in [-0.25, -0.2) is 4.79 Å². The largest absolute Gasteiger partial charge is 0.335 e. The van der Waals surface area contributed by atoms with Crippen LogP contribution in [-0.2, 0) is 4.79 Å². The molecule has 21 heavy (non-hydrogen) atoms. The summed E-state index contributed by atoms with van der Waals surface area (Å²) in [5, 5.41) is 5.73. The van der Waals surface area contributed by atoms with Crippen molar-refractivity contribution in [2.75, 3.05) is 16.8 Å². The zero-order valence-electron chi connectivity index (χ0n) is 12.3. The van der Waals surface area contributed by atoms with Crippen LogP contribution in [0.2, 0.25) is 0 Å². The minimum Gasteiger partial charge on any atom is -0.335 e. The highest BCUT2D eigenvalue weighted by atomic mass is 16.2. The van der Waals surface area contributed by atoms with Crippen LogP contribution >= 0.6 is 0 Å². The Morgan fingerprint density at radius 1 is 1.29 bits per heavy atom. The highest BCUT2D eigenvalue weighted by Crippen LogP contribution is 2.27. The Balaban J connectivity index is 1.69. The van der Waals surface area contributed by atoms with Crippen LogP contribution in [0.25, 0.3) is 0 Å². The first-order valence-electron chi connectivity index (χ1n) is 7.62. The lowest BCUT2D eigenvalue weighted by atomic mass is 10.1. The summed E-state index contributed by atoms with van der Waals surface area (Å²) in [6.07, 6.45) is 4.80. The third kappa shape index (κ3) is 3.35. The quantitative estimate of drug-likeness (QED) is 0.898. The minimum atomic E-state index is -0.154. The Kier molecular flexibility index (Phi) is 3.82. The Morgan fingerprint density at radius 2 is 2.10 bits per heavy atom. The fourth-order valence-electron chi connectivity index (χ4n) is 2.68. The summed E-state index contributed by atoms with van der Waals surface area (Å²) in [6, 6.07) is 5.89. The van der Waals surface area contributed by atoms with E-state index in [0.717, 1.165) is 49.2 Å². The first-order chi connectivity index (χ1) is 10.1. The lowest BCUT2D eigenvalue weighted by Gasteiger charge is -2.28. The minimum absolute atomic E-state index is 0.154. The zero-order valence-corrected chi connectivity index (χ0v) is 12.3. The lowest BCUT2D eigenvalue weighted by molar-refractivity contribution is -0.119. The van der Waals surface area contributed by atoms with Gasteiger partial charge in [-0.1, -0.05) is 0 Å². The maximum absolute atomic E-state index is 12.0. The number of urea groups is 1. The Bertz CT molecular complexity index is 567. The van der Waals surface area contributed by atoms with Crippen molar-refractivity contribution in [1.29, 1.82) is 0 Å². The fraction of sp³-hybridized carbons (Fsp3) is 0.500. The Morgan fingerprint density at radius 3 is 2.76 bits per heavy atom. The van der Waals surface area contributed by atoms with Gasteiger partial charge in [0.05, 0.1) is 0 Å². The topological polar surface area (TPSA) is 61.4 Å². The Hall–Kier alpha value is -2.04. The second-order valence-electron chi connectivity index (χ2n) is 5.88. The Labute approximate surface area is 124 Å². The van der Waals surface area contributed by atoms with Crippen LogP contribution in [0.5, 0.6) is 0 Å². The van der Waals surface area contributed by atoms with Crippen molar-refractivity contribution in [2.45, 2.75) is 45.1 Å². The molecule has 0 atom stereocenters. The number of anilines is 2. The number of hydrogen-bond donors (Lipinski definition) is 2. The van der Waals surface area contributed by atoms with Gasteiger partial charge in [0.2, 0.25) is 5.91 Å². The second kappa shape index (κ2) is 5.76. The molecule has 0 spiro atoms. The van der Waals surface area contributed by atoms with Crippen molar-refractivity contribution in [1.82, 2.24) is 5.32 Å². The van der Waals surface area contributed by atoms with Gasteiger partial charge in [0.15, 0.2) is 0 Å². The van der Waals surface area contributed by atoms with Crippen molar-refractivity contribution in [2.24, 2.45) is 0 Å². The molecule has 1 saturated carbocycles. The summed E-state index contributed by atoms with van der Waals surface area (Å²) >= 11 is 0. The first kappa shape index (κ1) is 13.9. The number of carbonyl (C=O) groups excluding carboxylic acids is 2. The van der Waals surface area contributed by atoms with Gasteiger partial charge in [0.1, 0.15) is 0 Å². The number of carbonyl (C=O) groups is 2. The predicted octanol–water partition coefficient (Wildman–Crippen LogP) is 2.80. The van der Waals surface area contributed by atoms with Gasteiger partial charge in [0, 0.05) is 30.4 Å². The fourth-order valence-corrected chi connectivity index (χ4v) is 2.68. The molecule has 1 saturated heterocycles. The van der Waals surface area contributed by atoms with Gasteiger partial charge >= 0.3 is 6.03 Å². The molecule has 2 N–H and O–H groups in total. The van der Waals surface area contributed by atoms with E-state index in [4.69, 9.17) is 0 Å². The van der Waals surface area contributed by atoms with Gasteiger partial charge < -0.3 is 15.5 Å². The standard InChI is InChI=1S/C16H21N3O2/c1-11-10-13(18-16(21)17-12-5-6-12)7-8-14(11)19-9-3-2-4-15(19)20/h7-8,10,12H,2-6,9H2,1H3,(H2,17,18,21). The van der Waals surface area contributed by atoms with Gasteiger partial charge in [-0.3, -0.25) is 4.79 Å². The number of aryl methyl sites for hydroxylation is 1. The molecule has 1 aliphatic carbocycles. The molecule has 3 rings (SSSR count). The molecule has 0 aromatic heterocycles. The van der Waals surface area contributed by atoms with Crippen LogP contribution in [0.4, 0.5) is 16.2 Å². The molecule has 1 aliphatic heterocycles. The zero-order chi connectivity index (χ0) is 14.8. The van der Waals surface area contributed by atoms with Crippen LogP contribution in [0.15, 0.2) is 18.2 Å². The molecule has 2 fully saturated rings. The van der Waals surface area contributed by atoms with Crippen LogP contribution < -0.4 is 15.5 Å². The second-order valence-corrected chi connectivity index (χ2v) is 5.88. The summed E-state index contributed by atoms with van der Waals surface area (Å²) < 4.78 is 0. The summed E-state index contributed by atoms with van der Waals surface area (Å²) in [5.74, 6) is 0.191. The third-order valence-corrected chi connectivity index (χ3v) is 3.98. The average molecular weight is 287 g/mol. The molecule has 3 amide bonds. The summed E-state index contributed by atoms with van der Waals surface area (Å²) in [7, 11) is 0. The SMILES string of the molecule is Cc1cc(NC(=O)NC2CC2)ccc1N1CCCCC1=O. The van der Waals surface area contributed by atoms with E-state index in [1.54, 1.807) is 0 Å². The number of nitrogens with one attached hydrogen (secondary N) is 2. The van der Waals surface area contributed by atoms with E-state index in [-0.39, 0.29) is 11.9 Å². The first-order valence-corrected chi connectivity index (χ1v) is 7.62. The van der Waals surface area contributed by atoms with Crippen molar-refractivity contribution < 1.29 is 9.59 Å². The van der Waals surface area contributed by atoms with Crippen LogP contribution in [0, 0.1) is 6.92 Å². The molecule has 5 heteroatoms. The molecule has 0 bridgehead atoms. The highest BCUT2D eigenvalue weighted by Gasteiger charge is 2.24. The predicted molar refractivity (Wildman–Crippen MR) is 82.6 cm³/mol.